The lowest BCUT2D eigenvalue weighted by atomic mass is 9.99. The third-order valence-electron chi connectivity index (χ3n) is 11.8. The zero-order valence-corrected chi connectivity index (χ0v) is 32.2. The van der Waals surface area contributed by atoms with Gasteiger partial charge in [-0.1, -0.05) is 140 Å². The van der Waals surface area contributed by atoms with Crippen molar-refractivity contribution >= 4 is 96.8 Å². The molecule has 0 amide bonds. The number of fused-ring (bicyclic) bond motifs is 13. The molecule has 4 heterocycles. The molecule has 0 aliphatic rings. The van der Waals surface area contributed by atoms with Crippen LogP contribution in [0.25, 0.3) is 125 Å². The summed E-state index contributed by atoms with van der Waals surface area (Å²) in [5.74, 6) is 1.78. The second kappa shape index (κ2) is 12.4. The number of thiophene rings is 1. The maximum Gasteiger partial charge on any atom is 0.167 e. The number of hydrogen-bond donors (Lipinski definition) is 0. The molecule has 59 heavy (non-hydrogen) atoms. The van der Waals surface area contributed by atoms with Gasteiger partial charge in [-0.2, -0.15) is 0 Å². The molecule has 0 unspecified atom stereocenters. The van der Waals surface area contributed by atoms with Crippen LogP contribution in [0.5, 0.6) is 0 Å². The topological polar surface area (TPSA) is 56.7 Å². The van der Waals surface area contributed by atoms with E-state index in [0.717, 1.165) is 60.5 Å². The van der Waals surface area contributed by atoms with Gasteiger partial charge in [0.15, 0.2) is 17.5 Å². The lowest BCUT2D eigenvalue weighted by Crippen LogP contribution is -2.00. The second-order valence-electron chi connectivity index (χ2n) is 15.2. The van der Waals surface area contributed by atoms with Gasteiger partial charge < -0.3 is 8.98 Å². The minimum atomic E-state index is 0.562. The van der Waals surface area contributed by atoms with Crippen LogP contribution in [0.1, 0.15) is 0 Å². The predicted molar refractivity (Wildman–Crippen MR) is 246 cm³/mol. The standard InChI is InChI=1S/C53H30N4OS/c1-2-13-32(14-3-1)51-54-52(35-23-22-31-12-4-5-15-33(31)28-35)56-53(55-51)43-29-34-16-6-7-17-37(34)47-42-30-36(24-27-45(42)58-49(43)47)57-44-20-10-8-18-38(44)40-25-26-41-39-19-9-11-21-46(39)59-50(41)48(40)57/h1-30H. The first-order valence-electron chi connectivity index (χ1n) is 19.8. The van der Waals surface area contributed by atoms with Crippen molar-refractivity contribution in [3.63, 3.8) is 0 Å². The Morgan fingerprint density at radius 3 is 2.02 bits per heavy atom. The number of furan rings is 1. The van der Waals surface area contributed by atoms with Gasteiger partial charge in [0.1, 0.15) is 11.2 Å². The van der Waals surface area contributed by atoms with E-state index in [1.54, 1.807) is 0 Å². The van der Waals surface area contributed by atoms with E-state index in [0.29, 0.717) is 17.5 Å². The van der Waals surface area contributed by atoms with Crippen LogP contribution in [-0.2, 0) is 0 Å². The van der Waals surface area contributed by atoms with Crippen molar-refractivity contribution in [1.29, 1.82) is 0 Å². The fraction of sp³-hybridized carbons (Fsp3) is 0. The van der Waals surface area contributed by atoms with E-state index >= 15 is 0 Å². The van der Waals surface area contributed by atoms with E-state index in [2.05, 4.69) is 156 Å². The number of rotatable bonds is 4. The Balaban J connectivity index is 1.09. The molecule has 274 valence electrons. The highest BCUT2D eigenvalue weighted by atomic mass is 32.1. The van der Waals surface area contributed by atoms with E-state index in [1.165, 1.54) is 47.4 Å². The molecular formula is C53H30N4OS. The maximum atomic E-state index is 6.94. The minimum absolute atomic E-state index is 0.562. The fourth-order valence-corrected chi connectivity index (χ4v) is 10.3. The summed E-state index contributed by atoms with van der Waals surface area (Å²) in [5, 5.41) is 11.6. The number of hydrogen-bond acceptors (Lipinski definition) is 5. The number of benzene rings is 9. The highest BCUT2D eigenvalue weighted by molar-refractivity contribution is 7.26. The lowest BCUT2D eigenvalue weighted by Gasteiger charge is -2.11. The maximum absolute atomic E-state index is 6.94. The van der Waals surface area contributed by atoms with Crippen LogP contribution in [0.4, 0.5) is 0 Å². The van der Waals surface area contributed by atoms with Gasteiger partial charge in [0, 0.05) is 53.8 Å². The third-order valence-corrected chi connectivity index (χ3v) is 13.0. The monoisotopic (exact) mass is 770 g/mol. The van der Waals surface area contributed by atoms with Gasteiger partial charge in [-0.15, -0.1) is 11.3 Å². The predicted octanol–water partition coefficient (Wildman–Crippen LogP) is 14.5. The summed E-state index contributed by atoms with van der Waals surface area (Å²) in [6.07, 6.45) is 0. The molecule has 9 aromatic carbocycles. The zero-order chi connectivity index (χ0) is 38.6. The van der Waals surface area contributed by atoms with Crippen LogP contribution in [0.3, 0.4) is 0 Å². The Bertz CT molecular complexity index is 3860. The number of aromatic nitrogens is 4. The van der Waals surface area contributed by atoms with E-state index in [-0.39, 0.29) is 0 Å². The first kappa shape index (κ1) is 32.4. The highest BCUT2D eigenvalue weighted by Gasteiger charge is 2.23. The van der Waals surface area contributed by atoms with Crippen molar-refractivity contribution in [3.8, 4) is 39.9 Å². The van der Waals surface area contributed by atoms with Crippen LogP contribution in [0, 0.1) is 0 Å². The largest absolute Gasteiger partial charge is 0.455 e. The Kier molecular flexibility index (Phi) is 6.82. The Morgan fingerprint density at radius 2 is 1.14 bits per heavy atom. The van der Waals surface area contributed by atoms with Crippen molar-refractivity contribution in [1.82, 2.24) is 19.5 Å². The van der Waals surface area contributed by atoms with E-state index in [4.69, 9.17) is 19.4 Å². The van der Waals surface area contributed by atoms with Crippen molar-refractivity contribution in [2.24, 2.45) is 0 Å². The van der Waals surface area contributed by atoms with Gasteiger partial charge in [-0.25, -0.2) is 15.0 Å². The Hall–Kier alpha value is -7.67. The first-order chi connectivity index (χ1) is 29.2. The van der Waals surface area contributed by atoms with Crippen molar-refractivity contribution in [2.75, 3.05) is 0 Å². The first-order valence-corrected chi connectivity index (χ1v) is 20.6. The third kappa shape index (κ3) is 4.87. The van der Waals surface area contributed by atoms with Crippen LogP contribution in [-0.4, -0.2) is 19.5 Å². The summed E-state index contributed by atoms with van der Waals surface area (Å²) in [4.78, 5) is 15.5. The quantitative estimate of drug-likeness (QED) is 0.179. The molecule has 13 rings (SSSR count). The molecule has 0 aliphatic carbocycles. The van der Waals surface area contributed by atoms with Crippen LogP contribution < -0.4 is 0 Å². The average molecular weight is 771 g/mol. The average Bonchev–Trinajstić information content (AvgIpc) is 3.98. The molecule has 0 atom stereocenters. The summed E-state index contributed by atoms with van der Waals surface area (Å²) in [7, 11) is 0. The van der Waals surface area contributed by atoms with Crippen LogP contribution in [0.15, 0.2) is 186 Å². The molecule has 0 saturated heterocycles. The molecule has 6 heteroatoms. The molecule has 0 aliphatic heterocycles. The van der Waals surface area contributed by atoms with E-state index in [1.807, 2.05) is 41.7 Å². The van der Waals surface area contributed by atoms with Gasteiger partial charge >= 0.3 is 0 Å². The smallest absolute Gasteiger partial charge is 0.167 e. The summed E-state index contributed by atoms with van der Waals surface area (Å²) < 4.78 is 12.0. The lowest BCUT2D eigenvalue weighted by molar-refractivity contribution is 0.669. The molecule has 13 aromatic rings. The van der Waals surface area contributed by atoms with Crippen molar-refractivity contribution in [3.05, 3.63) is 182 Å². The molecule has 5 nitrogen and oxygen atoms in total. The minimum Gasteiger partial charge on any atom is -0.455 e. The highest BCUT2D eigenvalue weighted by Crippen LogP contribution is 2.45. The van der Waals surface area contributed by atoms with E-state index < -0.39 is 0 Å². The number of para-hydroxylation sites is 1. The Morgan fingerprint density at radius 1 is 0.441 bits per heavy atom. The molecule has 0 saturated carbocycles. The number of nitrogens with zero attached hydrogens (tertiary/aromatic N) is 4. The van der Waals surface area contributed by atoms with Crippen molar-refractivity contribution in [2.45, 2.75) is 0 Å². The summed E-state index contributed by atoms with van der Waals surface area (Å²) in [5.41, 5.74) is 7.70. The van der Waals surface area contributed by atoms with E-state index in [9.17, 15) is 0 Å². The summed E-state index contributed by atoms with van der Waals surface area (Å²) >= 11 is 1.87. The molecule has 0 N–H and O–H groups in total. The molecule has 4 aromatic heterocycles. The molecule has 0 radical (unpaired) electrons. The van der Waals surface area contributed by atoms with Gasteiger partial charge in [-0.3, -0.25) is 0 Å². The summed E-state index contributed by atoms with van der Waals surface area (Å²) in [6, 6.07) is 64.3. The van der Waals surface area contributed by atoms with Gasteiger partial charge in [0.2, 0.25) is 0 Å². The van der Waals surface area contributed by atoms with Gasteiger partial charge in [-0.05, 0) is 64.0 Å². The molecule has 0 spiro atoms. The normalized spacial score (nSPS) is 12.1. The zero-order valence-electron chi connectivity index (χ0n) is 31.4. The molecule has 0 bridgehead atoms. The summed E-state index contributed by atoms with van der Waals surface area (Å²) in [6.45, 7) is 0. The van der Waals surface area contributed by atoms with Crippen LogP contribution >= 0.6 is 11.3 Å². The second-order valence-corrected chi connectivity index (χ2v) is 16.2. The SMILES string of the molecule is c1ccc(-c2nc(-c3ccc4ccccc4c3)nc(-c3cc4ccccc4c4c3oc3ccc(-n5c6ccccc6c6ccc7c8ccccc8sc7c65)cc34)n2)cc1. The Labute approximate surface area is 341 Å². The van der Waals surface area contributed by atoms with Crippen LogP contribution in [0.2, 0.25) is 0 Å². The van der Waals surface area contributed by atoms with Gasteiger partial charge in [0.25, 0.3) is 0 Å². The molecule has 0 fully saturated rings. The van der Waals surface area contributed by atoms with Crippen molar-refractivity contribution < 1.29 is 4.42 Å². The molecular weight excluding hydrogens is 741 g/mol. The van der Waals surface area contributed by atoms with Gasteiger partial charge in [0.05, 0.1) is 21.3 Å². The fourth-order valence-electron chi connectivity index (χ4n) is 9.09.